The molecule has 1 rings (SSSR count). The van der Waals surface area contributed by atoms with E-state index in [-0.39, 0.29) is 24.6 Å². The number of carboxylic acids is 2. The molecule has 0 spiro atoms. The highest BCUT2D eigenvalue weighted by Gasteiger charge is 2.26. The Balaban J connectivity index is 2.85. The number of urea groups is 1. The van der Waals surface area contributed by atoms with Crippen LogP contribution in [0, 0.1) is 0 Å². The zero-order valence-electron chi connectivity index (χ0n) is 13.0. The van der Waals surface area contributed by atoms with Gasteiger partial charge >= 0.3 is 18.0 Å². The molecule has 0 radical (unpaired) electrons. The fourth-order valence-corrected chi connectivity index (χ4v) is 1.69. The van der Waals surface area contributed by atoms with Crippen molar-refractivity contribution in [2.75, 3.05) is 13.2 Å². The number of aliphatic hydroxyl groups is 2. The molecule has 1 heterocycles. The summed E-state index contributed by atoms with van der Waals surface area (Å²) in [5.74, 6) is -2.79. The second-order valence-corrected chi connectivity index (χ2v) is 4.96. The predicted molar refractivity (Wildman–Crippen MR) is 78.1 cm³/mol. The van der Waals surface area contributed by atoms with Crippen LogP contribution >= 0.6 is 0 Å². The minimum atomic E-state index is -1.54. The number of aliphatic hydroxyl groups excluding tert-OH is 2. The molecule has 13 heteroatoms. The van der Waals surface area contributed by atoms with Gasteiger partial charge in [0.2, 0.25) is 5.89 Å². The first kappa shape index (κ1) is 20.3. The third-order valence-corrected chi connectivity index (χ3v) is 3.02. The van der Waals surface area contributed by atoms with Crippen LogP contribution in [0.1, 0.15) is 36.6 Å². The maximum Gasteiger partial charge on any atom is 0.328 e. The molecule has 3 atom stereocenters. The van der Waals surface area contributed by atoms with Crippen LogP contribution in [-0.2, 0) is 9.59 Å². The van der Waals surface area contributed by atoms with Gasteiger partial charge in [0.15, 0.2) is 11.9 Å². The molecule has 13 nitrogen and oxygen atoms in total. The van der Waals surface area contributed by atoms with Crippen molar-refractivity contribution in [1.29, 1.82) is 0 Å². The van der Waals surface area contributed by atoms with Gasteiger partial charge in [0, 0.05) is 6.42 Å². The quantitative estimate of drug-likeness (QED) is 0.235. The number of rotatable bonds is 10. The van der Waals surface area contributed by atoms with Crippen LogP contribution in [0.3, 0.4) is 0 Å². The number of carbonyl (C=O) groups excluding carboxylic acids is 1. The van der Waals surface area contributed by atoms with Crippen molar-refractivity contribution < 1.29 is 39.3 Å². The average Bonchev–Trinajstić information content (AvgIpc) is 3.05. The largest absolute Gasteiger partial charge is 0.481 e. The summed E-state index contributed by atoms with van der Waals surface area (Å²) in [6.07, 6.45) is -0.479. The number of hydrogen-bond acceptors (Lipinski definition) is 9. The van der Waals surface area contributed by atoms with E-state index in [9.17, 15) is 14.4 Å². The van der Waals surface area contributed by atoms with E-state index in [1.54, 1.807) is 0 Å². The minimum Gasteiger partial charge on any atom is -0.481 e. The van der Waals surface area contributed by atoms with Gasteiger partial charge in [-0.3, -0.25) is 4.79 Å². The van der Waals surface area contributed by atoms with Gasteiger partial charge in [-0.05, 0) is 6.42 Å². The number of nitrogens with one attached hydrogen (secondary N) is 2. The van der Waals surface area contributed by atoms with Crippen LogP contribution in [-0.4, -0.2) is 67.8 Å². The number of aliphatic carboxylic acids is 2. The molecule has 8 N–H and O–H groups in total. The number of amides is 2. The van der Waals surface area contributed by atoms with Gasteiger partial charge in [0.05, 0.1) is 19.3 Å². The van der Waals surface area contributed by atoms with E-state index >= 15 is 0 Å². The molecule has 1 aromatic rings. The Bertz CT molecular complexity index is 606. The van der Waals surface area contributed by atoms with Gasteiger partial charge in [0.25, 0.3) is 0 Å². The highest BCUT2D eigenvalue weighted by Crippen LogP contribution is 2.18. The molecule has 0 aliphatic rings. The summed E-state index contributed by atoms with van der Waals surface area (Å²) in [7, 11) is 0. The molecular weight excluding hydrogens is 342 g/mol. The Labute approximate surface area is 140 Å². The van der Waals surface area contributed by atoms with Crippen molar-refractivity contribution in [3.05, 3.63) is 11.7 Å². The van der Waals surface area contributed by atoms with Crippen LogP contribution in [0.2, 0.25) is 0 Å². The molecule has 1 aromatic heterocycles. The molecule has 140 valence electrons. The predicted octanol–water partition coefficient (Wildman–Crippen LogP) is -2.29. The van der Waals surface area contributed by atoms with Crippen molar-refractivity contribution in [2.45, 2.75) is 31.0 Å². The van der Waals surface area contributed by atoms with Gasteiger partial charge in [-0.25, -0.2) is 9.59 Å². The van der Waals surface area contributed by atoms with Gasteiger partial charge in [-0.2, -0.15) is 4.98 Å². The number of carboxylic acid groups (broad SMARTS) is 2. The highest BCUT2D eigenvalue weighted by atomic mass is 16.5. The van der Waals surface area contributed by atoms with Crippen molar-refractivity contribution in [2.24, 2.45) is 5.73 Å². The van der Waals surface area contributed by atoms with Crippen molar-refractivity contribution >= 4 is 18.0 Å². The number of nitrogens with zero attached hydrogens (tertiary/aromatic N) is 2. The summed E-state index contributed by atoms with van der Waals surface area (Å²) in [5, 5.41) is 43.2. The molecule has 0 unspecified atom stereocenters. The molecule has 0 bridgehead atoms. The number of aromatic nitrogens is 2. The molecule has 25 heavy (non-hydrogen) atoms. The van der Waals surface area contributed by atoms with E-state index in [0.717, 1.165) is 0 Å². The fourth-order valence-electron chi connectivity index (χ4n) is 1.69. The second kappa shape index (κ2) is 9.51. The summed E-state index contributed by atoms with van der Waals surface area (Å²) in [6, 6.07) is -4.49. The molecule has 0 aliphatic heterocycles. The smallest absolute Gasteiger partial charge is 0.328 e. The van der Waals surface area contributed by atoms with Crippen molar-refractivity contribution in [1.82, 2.24) is 20.8 Å². The van der Waals surface area contributed by atoms with Crippen LogP contribution < -0.4 is 16.4 Å². The summed E-state index contributed by atoms with van der Waals surface area (Å²) < 4.78 is 4.91. The van der Waals surface area contributed by atoms with E-state index in [2.05, 4.69) is 15.5 Å². The lowest BCUT2D eigenvalue weighted by molar-refractivity contribution is -0.140. The first-order chi connectivity index (χ1) is 11.8. The zero-order chi connectivity index (χ0) is 19.0. The minimum absolute atomic E-state index is 0.0428. The van der Waals surface area contributed by atoms with E-state index < -0.39 is 49.3 Å². The fraction of sp³-hybridized carbons (Fsp3) is 0.583. The van der Waals surface area contributed by atoms with Gasteiger partial charge in [0.1, 0.15) is 6.04 Å². The first-order valence-electron chi connectivity index (χ1n) is 7.10. The Morgan fingerprint density at radius 1 is 1.16 bits per heavy atom. The lowest BCUT2D eigenvalue weighted by Crippen LogP contribution is -2.48. The van der Waals surface area contributed by atoms with Crippen molar-refractivity contribution in [3.8, 4) is 0 Å². The van der Waals surface area contributed by atoms with Crippen LogP contribution in [0.15, 0.2) is 4.52 Å². The molecule has 2 amide bonds. The summed E-state index contributed by atoms with van der Waals surface area (Å²) in [4.78, 5) is 37.3. The summed E-state index contributed by atoms with van der Waals surface area (Å²) >= 11 is 0. The molecular formula is C12H19N5O8. The molecule has 0 aromatic carbocycles. The third kappa shape index (κ3) is 6.33. The Morgan fingerprint density at radius 3 is 2.36 bits per heavy atom. The van der Waals surface area contributed by atoms with Gasteiger partial charge in [-0.15, -0.1) is 0 Å². The van der Waals surface area contributed by atoms with Crippen LogP contribution in [0.5, 0.6) is 0 Å². The lowest BCUT2D eigenvalue weighted by atomic mass is 10.1. The maximum atomic E-state index is 11.8. The Morgan fingerprint density at radius 2 is 1.84 bits per heavy atom. The maximum absolute atomic E-state index is 11.8. The molecule has 0 aliphatic carbocycles. The monoisotopic (exact) mass is 361 g/mol. The third-order valence-electron chi connectivity index (χ3n) is 3.02. The lowest BCUT2D eigenvalue weighted by Gasteiger charge is -2.17. The van der Waals surface area contributed by atoms with Crippen molar-refractivity contribution in [3.63, 3.8) is 0 Å². The van der Waals surface area contributed by atoms with Gasteiger partial charge < -0.3 is 41.3 Å². The van der Waals surface area contributed by atoms with E-state index in [1.165, 1.54) is 0 Å². The zero-order valence-corrected chi connectivity index (χ0v) is 13.0. The van der Waals surface area contributed by atoms with Crippen LogP contribution in [0.25, 0.3) is 0 Å². The van der Waals surface area contributed by atoms with E-state index in [1.807, 2.05) is 5.32 Å². The summed E-state index contributed by atoms with van der Waals surface area (Å²) in [6.45, 7) is -1.29. The highest BCUT2D eigenvalue weighted by molar-refractivity contribution is 5.82. The topological polar surface area (TPSA) is 221 Å². The molecule has 0 saturated heterocycles. The Kier molecular flexibility index (Phi) is 7.71. The summed E-state index contributed by atoms with van der Waals surface area (Å²) in [5.41, 5.74) is 5.53. The van der Waals surface area contributed by atoms with Gasteiger partial charge in [-0.1, -0.05) is 5.16 Å². The number of nitrogens with two attached hydrogens (primary N) is 1. The number of carbonyl (C=O) groups is 3. The standard InChI is InChI=1S/C12H19N5O8/c13-5(3-18)9-16-10(25-17-9)6(1-2-8(20)21)14-12(24)15-7(4-19)11(22)23/h5-7,18-19H,1-4,13H2,(H,20,21)(H,22,23)(H2,14,15,24)/t5-,6-,7-/m0/s1. The van der Waals surface area contributed by atoms with E-state index in [4.69, 9.17) is 30.7 Å². The Hall–Kier alpha value is -2.77. The first-order valence-corrected chi connectivity index (χ1v) is 7.10. The average molecular weight is 361 g/mol. The van der Waals surface area contributed by atoms with E-state index in [0.29, 0.717) is 0 Å². The number of hydrogen-bond donors (Lipinski definition) is 7. The normalized spacial score (nSPS) is 14.4. The van der Waals surface area contributed by atoms with Crippen LogP contribution in [0.4, 0.5) is 4.79 Å². The molecule has 0 saturated carbocycles. The molecule has 0 fully saturated rings. The second-order valence-electron chi connectivity index (χ2n) is 4.96. The SMILES string of the molecule is N[C@@H](CO)c1noc([C@H](CCC(=O)O)NC(=O)N[C@@H](CO)C(=O)O)n1.